The zero-order chi connectivity index (χ0) is 16.0. The van der Waals surface area contributed by atoms with Crippen molar-refractivity contribution in [3.63, 3.8) is 0 Å². The second-order valence-electron chi connectivity index (χ2n) is 5.20. The fourth-order valence-electron chi connectivity index (χ4n) is 2.70. The molecule has 1 aromatic heterocycles. The van der Waals surface area contributed by atoms with Crippen LogP contribution in [0.3, 0.4) is 0 Å². The Balaban J connectivity index is 1.71. The van der Waals surface area contributed by atoms with E-state index >= 15 is 0 Å². The fourth-order valence-corrected chi connectivity index (χ4v) is 3.83. The summed E-state index contributed by atoms with van der Waals surface area (Å²) >= 11 is 1.53. The summed E-state index contributed by atoms with van der Waals surface area (Å²) in [6.07, 6.45) is -0.399. The molecule has 0 aliphatic carbocycles. The van der Waals surface area contributed by atoms with Crippen LogP contribution in [-0.2, 0) is 0 Å². The monoisotopic (exact) mass is 325 g/mol. The molecule has 1 atom stereocenters. The van der Waals surface area contributed by atoms with Gasteiger partial charge in [0.2, 0.25) is 0 Å². The highest BCUT2D eigenvalue weighted by molar-refractivity contribution is 7.23. The molecule has 0 radical (unpaired) electrons. The van der Waals surface area contributed by atoms with Crippen molar-refractivity contribution in [2.75, 3.05) is 5.32 Å². The second kappa shape index (κ2) is 5.06. The van der Waals surface area contributed by atoms with Crippen LogP contribution in [0.5, 0.6) is 0 Å². The first-order chi connectivity index (χ1) is 11.1. The molecule has 114 valence electrons. The molecule has 0 fully saturated rings. The average Bonchev–Trinajstić information content (AvgIpc) is 2.93. The minimum atomic E-state index is -0.444. The molecule has 0 spiro atoms. The van der Waals surface area contributed by atoms with Crippen LogP contribution < -0.4 is 10.6 Å². The molecule has 0 bridgehead atoms. The molecule has 6 nitrogen and oxygen atoms in total. The van der Waals surface area contributed by atoms with Gasteiger partial charge in [-0.05, 0) is 23.8 Å². The fraction of sp³-hybridized carbons (Fsp3) is 0.0625. The van der Waals surface area contributed by atoms with E-state index in [0.717, 1.165) is 20.7 Å². The van der Waals surface area contributed by atoms with Gasteiger partial charge in [0.1, 0.15) is 11.2 Å². The third-order valence-electron chi connectivity index (χ3n) is 3.81. The highest BCUT2D eigenvalue weighted by Crippen LogP contribution is 2.39. The first-order valence-corrected chi connectivity index (χ1v) is 7.78. The molecule has 2 N–H and O–H groups in total. The second-order valence-corrected chi connectivity index (χ2v) is 6.25. The molecule has 1 aliphatic rings. The zero-order valence-electron chi connectivity index (χ0n) is 11.8. The van der Waals surface area contributed by atoms with E-state index in [4.69, 9.17) is 0 Å². The maximum Gasteiger partial charge on any atom is 0.269 e. The first kappa shape index (κ1) is 13.7. The molecule has 1 amide bonds. The Kier molecular flexibility index (Phi) is 3.02. The van der Waals surface area contributed by atoms with Crippen molar-refractivity contribution in [2.24, 2.45) is 0 Å². The molecule has 3 aromatic rings. The van der Waals surface area contributed by atoms with Crippen molar-refractivity contribution in [1.29, 1.82) is 0 Å². The number of thiophene rings is 1. The van der Waals surface area contributed by atoms with Crippen LogP contribution in [0.1, 0.15) is 22.1 Å². The Labute approximate surface area is 134 Å². The van der Waals surface area contributed by atoms with Crippen molar-refractivity contribution in [3.05, 3.63) is 69.8 Å². The maximum absolute atomic E-state index is 12.5. The molecule has 1 aliphatic heterocycles. The predicted molar refractivity (Wildman–Crippen MR) is 88.8 cm³/mol. The lowest BCUT2D eigenvalue weighted by Crippen LogP contribution is -2.37. The SMILES string of the molecule is O=C1NC(c2ccc([N+](=O)[O-])cc2)Nc2sc3ccccc3c21. The van der Waals surface area contributed by atoms with E-state index in [-0.39, 0.29) is 11.6 Å². The molecule has 2 heterocycles. The van der Waals surface area contributed by atoms with Gasteiger partial charge in [-0.3, -0.25) is 14.9 Å². The van der Waals surface area contributed by atoms with Gasteiger partial charge in [-0.2, -0.15) is 0 Å². The van der Waals surface area contributed by atoms with E-state index < -0.39 is 11.1 Å². The van der Waals surface area contributed by atoms with Gasteiger partial charge in [-0.1, -0.05) is 18.2 Å². The molecule has 7 heteroatoms. The predicted octanol–water partition coefficient (Wildman–Crippen LogP) is 3.66. The number of nitrogens with one attached hydrogen (secondary N) is 2. The molecule has 0 saturated carbocycles. The summed E-state index contributed by atoms with van der Waals surface area (Å²) in [5, 5.41) is 18.7. The number of rotatable bonds is 2. The number of hydrogen-bond donors (Lipinski definition) is 2. The number of nitrogens with zero attached hydrogens (tertiary/aromatic N) is 1. The van der Waals surface area contributed by atoms with Gasteiger partial charge in [-0.25, -0.2) is 0 Å². The normalized spacial score (nSPS) is 16.5. The number of fused-ring (bicyclic) bond motifs is 3. The van der Waals surface area contributed by atoms with E-state index in [0.29, 0.717) is 5.56 Å². The topological polar surface area (TPSA) is 84.3 Å². The van der Waals surface area contributed by atoms with E-state index in [2.05, 4.69) is 10.6 Å². The molecule has 4 rings (SSSR count). The lowest BCUT2D eigenvalue weighted by Gasteiger charge is -2.26. The van der Waals surface area contributed by atoms with Gasteiger partial charge in [0.05, 0.1) is 10.5 Å². The molecular formula is C16H11N3O3S. The maximum atomic E-state index is 12.5. The van der Waals surface area contributed by atoms with Crippen molar-refractivity contribution in [1.82, 2.24) is 5.32 Å². The number of carbonyl (C=O) groups excluding carboxylic acids is 1. The minimum Gasteiger partial charge on any atom is -0.353 e. The summed E-state index contributed by atoms with van der Waals surface area (Å²) in [7, 11) is 0. The number of anilines is 1. The summed E-state index contributed by atoms with van der Waals surface area (Å²) in [5.41, 5.74) is 1.45. The number of amides is 1. The van der Waals surface area contributed by atoms with Gasteiger partial charge in [0, 0.05) is 22.2 Å². The van der Waals surface area contributed by atoms with Crippen LogP contribution in [-0.4, -0.2) is 10.8 Å². The van der Waals surface area contributed by atoms with Crippen LogP contribution >= 0.6 is 11.3 Å². The number of nitro groups is 1. The highest BCUT2D eigenvalue weighted by atomic mass is 32.1. The van der Waals surface area contributed by atoms with E-state index in [9.17, 15) is 14.9 Å². The zero-order valence-corrected chi connectivity index (χ0v) is 12.6. The smallest absolute Gasteiger partial charge is 0.269 e. The number of carbonyl (C=O) groups is 1. The average molecular weight is 325 g/mol. The molecule has 1 unspecified atom stereocenters. The third kappa shape index (κ3) is 2.22. The van der Waals surface area contributed by atoms with Gasteiger partial charge >= 0.3 is 0 Å². The number of hydrogen-bond acceptors (Lipinski definition) is 5. The van der Waals surface area contributed by atoms with Crippen molar-refractivity contribution >= 4 is 38.0 Å². The lowest BCUT2D eigenvalue weighted by atomic mass is 10.1. The van der Waals surface area contributed by atoms with Gasteiger partial charge in [-0.15, -0.1) is 11.3 Å². The first-order valence-electron chi connectivity index (χ1n) is 6.97. The van der Waals surface area contributed by atoms with Gasteiger partial charge in [0.15, 0.2) is 0 Å². The van der Waals surface area contributed by atoms with Crippen LogP contribution in [0.2, 0.25) is 0 Å². The Hall–Kier alpha value is -2.93. The molecule has 2 aromatic carbocycles. The number of nitro benzene ring substituents is 1. The van der Waals surface area contributed by atoms with Gasteiger partial charge in [0.25, 0.3) is 11.6 Å². The third-order valence-corrected chi connectivity index (χ3v) is 4.91. The quantitative estimate of drug-likeness (QED) is 0.556. The largest absolute Gasteiger partial charge is 0.353 e. The molecule has 23 heavy (non-hydrogen) atoms. The van der Waals surface area contributed by atoms with E-state index in [1.54, 1.807) is 12.1 Å². The van der Waals surface area contributed by atoms with Crippen LogP contribution in [0, 0.1) is 10.1 Å². The summed E-state index contributed by atoms with van der Waals surface area (Å²) in [5.74, 6) is -0.139. The standard InChI is InChI=1S/C16H11N3O3S/c20-15-13-11-3-1-2-4-12(11)23-16(13)18-14(17-15)9-5-7-10(8-6-9)19(21)22/h1-8,14,18H,(H,17,20). The van der Waals surface area contributed by atoms with Crippen molar-refractivity contribution < 1.29 is 9.72 Å². The Bertz CT molecular complexity index is 933. The van der Waals surface area contributed by atoms with Crippen LogP contribution in [0.15, 0.2) is 48.5 Å². The molecule has 0 saturated heterocycles. The number of non-ortho nitro benzene ring substituents is 1. The summed E-state index contributed by atoms with van der Waals surface area (Å²) in [6, 6.07) is 13.9. The van der Waals surface area contributed by atoms with Crippen molar-refractivity contribution in [3.8, 4) is 0 Å². The Morgan fingerprint density at radius 1 is 1.04 bits per heavy atom. The van der Waals surface area contributed by atoms with E-state index in [1.165, 1.54) is 23.5 Å². The van der Waals surface area contributed by atoms with E-state index in [1.807, 2.05) is 24.3 Å². The Morgan fingerprint density at radius 3 is 2.52 bits per heavy atom. The number of benzene rings is 2. The summed E-state index contributed by atoms with van der Waals surface area (Å²) < 4.78 is 1.05. The summed E-state index contributed by atoms with van der Waals surface area (Å²) in [4.78, 5) is 22.7. The van der Waals surface area contributed by atoms with Crippen molar-refractivity contribution in [2.45, 2.75) is 6.17 Å². The highest BCUT2D eigenvalue weighted by Gasteiger charge is 2.28. The van der Waals surface area contributed by atoms with Crippen LogP contribution in [0.4, 0.5) is 10.7 Å². The van der Waals surface area contributed by atoms with Gasteiger partial charge < -0.3 is 10.6 Å². The Morgan fingerprint density at radius 2 is 1.78 bits per heavy atom. The van der Waals surface area contributed by atoms with Crippen LogP contribution in [0.25, 0.3) is 10.1 Å². The summed E-state index contributed by atoms with van der Waals surface area (Å²) in [6.45, 7) is 0. The minimum absolute atomic E-state index is 0.0263. The lowest BCUT2D eigenvalue weighted by molar-refractivity contribution is -0.384. The molecular weight excluding hydrogens is 314 g/mol.